The SMILES string of the molecule is CCSCC1=C(C)C(C)(C)CCC1. The van der Waals surface area contributed by atoms with Crippen molar-refractivity contribution >= 4 is 11.8 Å². The van der Waals surface area contributed by atoms with Gasteiger partial charge in [-0.2, -0.15) is 11.8 Å². The van der Waals surface area contributed by atoms with Crippen molar-refractivity contribution < 1.29 is 0 Å². The maximum atomic E-state index is 2.39. The summed E-state index contributed by atoms with van der Waals surface area (Å²) in [6.45, 7) is 9.36. The van der Waals surface area contributed by atoms with Gasteiger partial charge in [-0.1, -0.05) is 31.9 Å². The normalized spacial score (nSPS) is 22.2. The van der Waals surface area contributed by atoms with E-state index in [1.54, 1.807) is 11.1 Å². The molecule has 1 rings (SSSR count). The summed E-state index contributed by atoms with van der Waals surface area (Å²) >= 11 is 2.06. The zero-order valence-corrected chi connectivity index (χ0v) is 10.3. The second-order valence-electron chi connectivity index (χ2n) is 4.60. The molecular formula is C12H22S. The van der Waals surface area contributed by atoms with Gasteiger partial charge in [-0.3, -0.25) is 0 Å². The van der Waals surface area contributed by atoms with E-state index in [1.165, 1.54) is 30.8 Å². The summed E-state index contributed by atoms with van der Waals surface area (Å²) < 4.78 is 0. The molecule has 0 nitrogen and oxygen atoms in total. The van der Waals surface area contributed by atoms with Crippen molar-refractivity contribution in [3.63, 3.8) is 0 Å². The van der Waals surface area contributed by atoms with Crippen LogP contribution in [0, 0.1) is 5.41 Å². The van der Waals surface area contributed by atoms with Crippen LogP contribution in [0.15, 0.2) is 11.1 Å². The van der Waals surface area contributed by atoms with Gasteiger partial charge in [0.25, 0.3) is 0 Å². The van der Waals surface area contributed by atoms with Crippen LogP contribution in [0.4, 0.5) is 0 Å². The van der Waals surface area contributed by atoms with Gasteiger partial charge in [0, 0.05) is 5.75 Å². The molecule has 0 amide bonds. The van der Waals surface area contributed by atoms with E-state index in [0.29, 0.717) is 5.41 Å². The van der Waals surface area contributed by atoms with E-state index in [-0.39, 0.29) is 0 Å². The zero-order valence-electron chi connectivity index (χ0n) is 9.44. The first-order valence-electron chi connectivity index (χ1n) is 5.35. The van der Waals surface area contributed by atoms with Crippen molar-refractivity contribution in [1.82, 2.24) is 0 Å². The highest BCUT2D eigenvalue weighted by Gasteiger charge is 2.26. The first kappa shape index (κ1) is 11.2. The molecule has 0 heterocycles. The van der Waals surface area contributed by atoms with E-state index in [0.717, 1.165) is 0 Å². The predicted octanol–water partition coefficient (Wildman–Crippen LogP) is 4.27. The highest BCUT2D eigenvalue weighted by Crippen LogP contribution is 2.40. The average molecular weight is 198 g/mol. The number of thioether (sulfide) groups is 1. The zero-order chi connectivity index (χ0) is 9.90. The minimum Gasteiger partial charge on any atom is -0.158 e. The van der Waals surface area contributed by atoms with Crippen LogP contribution in [0.5, 0.6) is 0 Å². The van der Waals surface area contributed by atoms with Gasteiger partial charge in [-0.05, 0) is 37.4 Å². The molecular weight excluding hydrogens is 176 g/mol. The molecule has 0 N–H and O–H groups in total. The van der Waals surface area contributed by atoms with Crippen LogP contribution in [-0.4, -0.2) is 11.5 Å². The molecule has 0 aliphatic heterocycles. The van der Waals surface area contributed by atoms with Gasteiger partial charge in [0.1, 0.15) is 0 Å². The summed E-state index contributed by atoms with van der Waals surface area (Å²) in [7, 11) is 0. The first-order valence-corrected chi connectivity index (χ1v) is 6.50. The fraction of sp³-hybridized carbons (Fsp3) is 0.833. The lowest BCUT2D eigenvalue weighted by molar-refractivity contribution is 0.368. The van der Waals surface area contributed by atoms with Crippen LogP contribution >= 0.6 is 11.8 Å². The molecule has 0 aromatic rings. The maximum absolute atomic E-state index is 2.39. The summed E-state index contributed by atoms with van der Waals surface area (Å²) in [5, 5.41) is 0. The largest absolute Gasteiger partial charge is 0.158 e. The van der Waals surface area contributed by atoms with Crippen LogP contribution in [-0.2, 0) is 0 Å². The summed E-state index contributed by atoms with van der Waals surface area (Å²) in [5.74, 6) is 2.52. The second-order valence-corrected chi connectivity index (χ2v) is 5.88. The fourth-order valence-electron chi connectivity index (χ4n) is 2.00. The number of hydrogen-bond donors (Lipinski definition) is 0. The van der Waals surface area contributed by atoms with Gasteiger partial charge in [0.15, 0.2) is 0 Å². The van der Waals surface area contributed by atoms with Crippen LogP contribution < -0.4 is 0 Å². The van der Waals surface area contributed by atoms with Crippen molar-refractivity contribution in [2.75, 3.05) is 11.5 Å². The third kappa shape index (κ3) is 2.77. The third-order valence-corrected chi connectivity index (χ3v) is 4.27. The van der Waals surface area contributed by atoms with E-state index >= 15 is 0 Å². The van der Waals surface area contributed by atoms with Crippen LogP contribution in [0.1, 0.15) is 47.0 Å². The molecule has 1 aliphatic rings. The van der Waals surface area contributed by atoms with E-state index in [4.69, 9.17) is 0 Å². The first-order chi connectivity index (χ1) is 6.08. The lowest BCUT2D eigenvalue weighted by Crippen LogP contribution is -2.19. The average Bonchev–Trinajstić information content (AvgIpc) is 2.08. The van der Waals surface area contributed by atoms with Crippen molar-refractivity contribution in [3.8, 4) is 0 Å². The molecule has 13 heavy (non-hydrogen) atoms. The molecule has 1 aliphatic carbocycles. The quantitative estimate of drug-likeness (QED) is 0.610. The Balaban J connectivity index is 2.69. The van der Waals surface area contributed by atoms with E-state index in [9.17, 15) is 0 Å². The highest BCUT2D eigenvalue weighted by molar-refractivity contribution is 7.99. The smallest absolute Gasteiger partial charge is 0.0145 e. The summed E-state index contributed by atoms with van der Waals surface area (Å²) in [5.41, 5.74) is 3.87. The molecule has 0 aromatic carbocycles. The van der Waals surface area contributed by atoms with Gasteiger partial charge >= 0.3 is 0 Å². The lowest BCUT2D eigenvalue weighted by Gasteiger charge is -2.33. The minimum absolute atomic E-state index is 0.474. The van der Waals surface area contributed by atoms with Gasteiger partial charge in [-0.25, -0.2) is 0 Å². The molecule has 0 fully saturated rings. The van der Waals surface area contributed by atoms with Crippen LogP contribution in [0.25, 0.3) is 0 Å². The van der Waals surface area contributed by atoms with Crippen molar-refractivity contribution in [2.45, 2.75) is 47.0 Å². The molecule has 0 bridgehead atoms. The van der Waals surface area contributed by atoms with Gasteiger partial charge in [0.2, 0.25) is 0 Å². The fourth-order valence-corrected chi connectivity index (χ4v) is 2.81. The van der Waals surface area contributed by atoms with Gasteiger partial charge in [-0.15, -0.1) is 0 Å². The Bertz CT molecular complexity index is 201. The number of allylic oxidation sites excluding steroid dienone is 1. The van der Waals surface area contributed by atoms with Crippen LogP contribution in [0.3, 0.4) is 0 Å². The van der Waals surface area contributed by atoms with E-state index in [2.05, 4.69) is 39.5 Å². The Morgan fingerprint density at radius 2 is 2.08 bits per heavy atom. The molecule has 0 saturated heterocycles. The Morgan fingerprint density at radius 1 is 1.38 bits per heavy atom. The Kier molecular flexibility index (Phi) is 3.90. The third-order valence-electron chi connectivity index (χ3n) is 3.31. The molecule has 0 saturated carbocycles. The standard InChI is InChI=1S/C12H22S/c1-5-13-9-11-7-6-8-12(3,4)10(11)2/h5-9H2,1-4H3. The summed E-state index contributed by atoms with van der Waals surface area (Å²) in [6.07, 6.45) is 4.12. The summed E-state index contributed by atoms with van der Waals surface area (Å²) in [4.78, 5) is 0. The molecule has 1 heteroatoms. The molecule has 0 aromatic heterocycles. The topological polar surface area (TPSA) is 0 Å². The van der Waals surface area contributed by atoms with E-state index < -0.39 is 0 Å². The Hall–Kier alpha value is 0.0900. The second kappa shape index (κ2) is 4.54. The van der Waals surface area contributed by atoms with Crippen molar-refractivity contribution in [1.29, 1.82) is 0 Å². The Morgan fingerprint density at radius 3 is 2.69 bits per heavy atom. The van der Waals surface area contributed by atoms with Crippen LogP contribution in [0.2, 0.25) is 0 Å². The van der Waals surface area contributed by atoms with Gasteiger partial charge in [0.05, 0.1) is 0 Å². The molecule has 76 valence electrons. The molecule has 0 unspecified atom stereocenters. The summed E-state index contributed by atoms with van der Waals surface area (Å²) in [6, 6.07) is 0. The highest BCUT2D eigenvalue weighted by atomic mass is 32.2. The van der Waals surface area contributed by atoms with Gasteiger partial charge < -0.3 is 0 Å². The number of rotatable bonds is 3. The van der Waals surface area contributed by atoms with Crippen molar-refractivity contribution in [3.05, 3.63) is 11.1 Å². The molecule has 0 atom stereocenters. The molecule has 0 radical (unpaired) electrons. The lowest BCUT2D eigenvalue weighted by atomic mass is 9.74. The Labute approximate surface area is 87.2 Å². The van der Waals surface area contributed by atoms with Crippen molar-refractivity contribution in [2.24, 2.45) is 5.41 Å². The maximum Gasteiger partial charge on any atom is 0.0145 e. The monoisotopic (exact) mass is 198 g/mol. The van der Waals surface area contributed by atoms with E-state index in [1.807, 2.05) is 0 Å². The predicted molar refractivity (Wildman–Crippen MR) is 63.3 cm³/mol. The number of hydrogen-bond acceptors (Lipinski definition) is 1. The molecule has 0 spiro atoms. The minimum atomic E-state index is 0.474.